The van der Waals surface area contributed by atoms with E-state index in [0.29, 0.717) is 11.8 Å². The largest absolute Gasteiger partial charge is 0.369 e. The zero-order valence-corrected chi connectivity index (χ0v) is 7.86. The molecule has 0 aromatic carbocycles. The Kier molecular flexibility index (Phi) is 5.32. The Morgan fingerprint density at radius 3 is 2.45 bits per heavy atom. The maximum absolute atomic E-state index is 10.6. The van der Waals surface area contributed by atoms with E-state index in [1.165, 1.54) is 0 Å². The third kappa shape index (κ3) is 5.09. The van der Waals surface area contributed by atoms with Gasteiger partial charge >= 0.3 is 0 Å². The first kappa shape index (κ1) is 10.8. The maximum Gasteiger partial charge on any atom is 0.221 e. The van der Waals surface area contributed by atoms with Crippen molar-refractivity contribution < 1.29 is 4.79 Å². The standard InChI is InChI=1S/C7H16N2OS/c1-5(7(9)10)4-11-6(2)3-8/h5-6H,3-4,8H2,1-2H3,(H2,9,10). The molecule has 0 radical (unpaired) electrons. The molecule has 3 nitrogen and oxygen atoms in total. The van der Waals surface area contributed by atoms with E-state index in [1.54, 1.807) is 11.8 Å². The number of thioether (sulfide) groups is 1. The highest BCUT2D eigenvalue weighted by Gasteiger charge is 2.09. The number of carbonyl (C=O) groups excluding carboxylic acids is 1. The van der Waals surface area contributed by atoms with Gasteiger partial charge in [-0.25, -0.2) is 0 Å². The summed E-state index contributed by atoms with van der Waals surface area (Å²) in [4.78, 5) is 10.6. The van der Waals surface area contributed by atoms with E-state index in [0.717, 1.165) is 5.75 Å². The average molecular weight is 176 g/mol. The smallest absolute Gasteiger partial charge is 0.221 e. The summed E-state index contributed by atoms with van der Waals surface area (Å²) in [5, 5.41) is 0.414. The molecule has 2 atom stereocenters. The highest BCUT2D eigenvalue weighted by Crippen LogP contribution is 2.13. The second-order valence-electron chi connectivity index (χ2n) is 2.68. The van der Waals surface area contributed by atoms with E-state index in [-0.39, 0.29) is 11.8 Å². The maximum atomic E-state index is 10.6. The summed E-state index contributed by atoms with van der Waals surface area (Å²) in [6, 6.07) is 0. The number of amides is 1. The predicted octanol–water partition coefficient (Wildman–Crippen LogP) is 0.188. The van der Waals surface area contributed by atoms with Gasteiger partial charge in [-0.1, -0.05) is 13.8 Å². The minimum absolute atomic E-state index is 0.0472. The Labute approximate surface area is 71.9 Å². The quantitative estimate of drug-likeness (QED) is 0.628. The summed E-state index contributed by atoms with van der Waals surface area (Å²) in [5.41, 5.74) is 10.5. The molecule has 0 aromatic rings. The summed E-state index contributed by atoms with van der Waals surface area (Å²) in [7, 11) is 0. The summed E-state index contributed by atoms with van der Waals surface area (Å²) in [6.45, 7) is 4.52. The molecule has 66 valence electrons. The first-order valence-corrected chi connectivity index (χ1v) is 4.73. The zero-order valence-electron chi connectivity index (χ0n) is 7.04. The van der Waals surface area contributed by atoms with Crippen molar-refractivity contribution in [2.75, 3.05) is 12.3 Å². The molecule has 0 aliphatic heterocycles. The van der Waals surface area contributed by atoms with Crippen LogP contribution in [0.1, 0.15) is 13.8 Å². The molecule has 0 rings (SSSR count). The van der Waals surface area contributed by atoms with Crippen LogP contribution >= 0.6 is 11.8 Å². The van der Waals surface area contributed by atoms with Gasteiger partial charge in [-0.15, -0.1) is 0 Å². The molecule has 0 aliphatic rings. The summed E-state index contributed by atoms with van der Waals surface area (Å²) in [6.07, 6.45) is 0. The minimum atomic E-state index is -0.235. The zero-order chi connectivity index (χ0) is 8.85. The van der Waals surface area contributed by atoms with E-state index in [4.69, 9.17) is 11.5 Å². The number of nitrogens with two attached hydrogens (primary N) is 2. The predicted molar refractivity (Wildman–Crippen MR) is 49.3 cm³/mol. The molecule has 0 aromatic heterocycles. The van der Waals surface area contributed by atoms with Gasteiger partial charge in [0.25, 0.3) is 0 Å². The van der Waals surface area contributed by atoms with Crippen LogP contribution in [0.3, 0.4) is 0 Å². The second-order valence-corrected chi connectivity index (χ2v) is 4.15. The first-order chi connectivity index (χ1) is 5.07. The highest BCUT2D eigenvalue weighted by molar-refractivity contribution is 7.99. The van der Waals surface area contributed by atoms with Gasteiger partial charge in [-0.2, -0.15) is 11.8 Å². The van der Waals surface area contributed by atoms with Crippen molar-refractivity contribution in [1.29, 1.82) is 0 Å². The molecular formula is C7H16N2OS. The molecule has 0 saturated heterocycles. The van der Waals surface area contributed by atoms with Crippen molar-refractivity contribution in [3.63, 3.8) is 0 Å². The molecule has 0 saturated carbocycles. The lowest BCUT2D eigenvalue weighted by atomic mass is 10.2. The van der Waals surface area contributed by atoms with E-state index in [2.05, 4.69) is 0 Å². The number of rotatable bonds is 5. The lowest BCUT2D eigenvalue weighted by Crippen LogP contribution is -2.24. The molecule has 1 amide bonds. The van der Waals surface area contributed by atoms with Crippen LogP contribution in [0.4, 0.5) is 0 Å². The van der Waals surface area contributed by atoms with Crippen LogP contribution in [-0.4, -0.2) is 23.5 Å². The SMILES string of the molecule is CC(CN)SCC(C)C(N)=O. The van der Waals surface area contributed by atoms with E-state index in [1.807, 2.05) is 13.8 Å². The van der Waals surface area contributed by atoms with Crippen LogP contribution in [-0.2, 0) is 4.79 Å². The molecule has 11 heavy (non-hydrogen) atoms. The fraction of sp³-hybridized carbons (Fsp3) is 0.857. The van der Waals surface area contributed by atoms with Crippen molar-refractivity contribution in [2.45, 2.75) is 19.1 Å². The van der Waals surface area contributed by atoms with Crippen LogP contribution in [0.15, 0.2) is 0 Å². The molecule has 2 unspecified atom stereocenters. The number of hydrogen-bond acceptors (Lipinski definition) is 3. The van der Waals surface area contributed by atoms with Gasteiger partial charge in [0.15, 0.2) is 0 Å². The van der Waals surface area contributed by atoms with Gasteiger partial charge in [0, 0.05) is 23.5 Å². The van der Waals surface area contributed by atoms with Crippen LogP contribution in [0.2, 0.25) is 0 Å². The molecule has 4 heteroatoms. The van der Waals surface area contributed by atoms with Gasteiger partial charge in [-0.05, 0) is 0 Å². The Morgan fingerprint density at radius 2 is 2.09 bits per heavy atom. The van der Waals surface area contributed by atoms with Crippen molar-refractivity contribution in [1.82, 2.24) is 0 Å². The Morgan fingerprint density at radius 1 is 1.55 bits per heavy atom. The van der Waals surface area contributed by atoms with Gasteiger partial charge in [0.2, 0.25) is 5.91 Å². The Hall–Kier alpha value is -0.220. The van der Waals surface area contributed by atoms with Gasteiger partial charge in [-0.3, -0.25) is 4.79 Å². The van der Waals surface area contributed by atoms with Crippen LogP contribution in [0, 0.1) is 5.92 Å². The summed E-state index contributed by atoms with van der Waals surface area (Å²) >= 11 is 1.69. The fourth-order valence-electron chi connectivity index (χ4n) is 0.459. The van der Waals surface area contributed by atoms with Gasteiger partial charge < -0.3 is 11.5 Å². The minimum Gasteiger partial charge on any atom is -0.369 e. The number of carbonyl (C=O) groups is 1. The van der Waals surface area contributed by atoms with Crippen molar-refractivity contribution in [3.05, 3.63) is 0 Å². The first-order valence-electron chi connectivity index (χ1n) is 3.69. The Bertz CT molecular complexity index is 130. The van der Waals surface area contributed by atoms with Crippen LogP contribution in [0.5, 0.6) is 0 Å². The van der Waals surface area contributed by atoms with Gasteiger partial charge in [0.05, 0.1) is 0 Å². The van der Waals surface area contributed by atoms with Gasteiger partial charge in [0.1, 0.15) is 0 Å². The number of hydrogen-bond donors (Lipinski definition) is 2. The lowest BCUT2D eigenvalue weighted by Gasteiger charge is -2.10. The summed E-state index contributed by atoms with van der Waals surface area (Å²) in [5.74, 6) is 0.490. The van der Waals surface area contributed by atoms with Crippen LogP contribution < -0.4 is 11.5 Å². The fourth-order valence-corrected chi connectivity index (χ4v) is 1.38. The van der Waals surface area contributed by atoms with E-state index < -0.39 is 0 Å². The molecular weight excluding hydrogens is 160 g/mol. The summed E-state index contributed by atoms with van der Waals surface area (Å²) < 4.78 is 0. The van der Waals surface area contributed by atoms with E-state index >= 15 is 0 Å². The molecule has 0 heterocycles. The highest BCUT2D eigenvalue weighted by atomic mass is 32.2. The monoisotopic (exact) mass is 176 g/mol. The third-order valence-corrected chi connectivity index (χ3v) is 2.90. The van der Waals surface area contributed by atoms with E-state index in [9.17, 15) is 4.79 Å². The molecule has 0 spiro atoms. The van der Waals surface area contributed by atoms with Crippen LogP contribution in [0.25, 0.3) is 0 Å². The van der Waals surface area contributed by atoms with Crippen molar-refractivity contribution >= 4 is 17.7 Å². The molecule has 0 bridgehead atoms. The molecule has 0 fully saturated rings. The number of primary amides is 1. The lowest BCUT2D eigenvalue weighted by molar-refractivity contribution is -0.120. The van der Waals surface area contributed by atoms with Crippen molar-refractivity contribution in [3.8, 4) is 0 Å². The third-order valence-electron chi connectivity index (χ3n) is 1.45. The normalized spacial score (nSPS) is 15.9. The molecule has 0 aliphatic carbocycles. The van der Waals surface area contributed by atoms with Crippen molar-refractivity contribution in [2.24, 2.45) is 17.4 Å². The Balaban J connectivity index is 3.45. The second kappa shape index (κ2) is 5.43. The molecule has 4 N–H and O–H groups in total. The topological polar surface area (TPSA) is 69.1 Å². The average Bonchev–Trinajstić information content (AvgIpc) is 1.99.